The zero-order chi connectivity index (χ0) is 27.9. The number of likely N-dealkylation sites (tertiary alicyclic amines) is 1. The Morgan fingerprint density at radius 2 is 1.74 bits per heavy atom. The predicted octanol–water partition coefficient (Wildman–Crippen LogP) is 4.42. The smallest absolute Gasteiger partial charge is 0.416 e. The lowest BCUT2D eigenvalue weighted by atomic mass is 9.78. The molecule has 210 valence electrons. The summed E-state index contributed by atoms with van der Waals surface area (Å²) in [6, 6.07) is 4.84. The highest BCUT2D eigenvalue weighted by Crippen LogP contribution is 2.44. The molecule has 38 heavy (non-hydrogen) atoms. The Labute approximate surface area is 222 Å². The van der Waals surface area contributed by atoms with Gasteiger partial charge < -0.3 is 24.2 Å². The minimum atomic E-state index is -4.48. The molecule has 0 spiro atoms. The highest BCUT2D eigenvalue weighted by molar-refractivity contribution is 5.92. The van der Waals surface area contributed by atoms with Gasteiger partial charge in [-0.2, -0.15) is 13.2 Å². The van der Waals surface area contributed by atoms with Crippen molar-refractivity contribution < 1.29 is 32.2 Å². The third-order valence-corrected chi connectivity index (χ3v) is 7.32. The van der Waals surface area contributed by atoms with E-state index >= 15 is 0 Å². The van der Waals surface area contributed by atoms with Crippen molar-refractivity contribution in [2.45, 2.75) is 44.2 Å². The van der Waals surface area contributed by atoms with E-state index in [0.29, 0.717) is 42.6 Å². The number of hydrogen-bond acceptors (Lipinski definition) is 7. The van der Waals surface area contributed by atoms with Crippen LogP contribution in [0.1, 0.15) is 49.1 Å². The lowest BCUT2D eigenvalue weighted by Crippen LogP contribution is -2.37. The summed E-state index contributed by atoms with van der Waals surface area (Å²) in [4.78, 5) is 30.9. The van der Waals surface area contributed by atoms with Crippen molar-refractivity contribution in [2.75, 3.05) is 61.0 Å². The topological polar surface area (TPSA) is 62.3 Å². The van der Waals surface area contributed by atoms with Gasteiger partial charge in [-0.25, -0.2) is 4.79 Å². The molecule has 2 aliphatic rings. The van der Waals surface area contributed by atoms with E-state index in [1.807, 2.05) is 30.9 Å². The fourth-order valence-electron chi connectivity index (χ4n) is 5.34. The molecule has 1 fully saturated rings. The molecule has 2 aliphatic heterocycles. The monoisotopic (exact) mass is 537 g/mol. The van der Waals surface area contributed by atoms with Crippen LogP contribution in [-0.2, 0) is 25.2 Å². The van der Waals surface area contributed by atoms with E-state index in [-0.39, 0.29) is 6.61 Å². The maximum atomic E-state index is 13.3. The molecule has 7 nitrogen and oxygen atoms in total. The number of methoxy groups -OCH3 is 1. The number of benzene rings is 1. The third kappa shape index (κ3) is 7.17. The summed E-state index contributed by atoms with van der Waals surface area (Å²) in [6.45, 7) is 3.68. The highest BCUT2D eigenvalue weighted by Gasteiger charge is 2.39. The van der Waals surface area contributed by atoms with Crippen LogP contribution in [0.25, 0.3) is 0 Å². The van der Waals surface area contributed by atoms with Gasteiger partial charge in [0.15, 0.2) is 0 Å². The Kier molecular flexibility index (Phi) is 10.4. The first-order valence-corrected chi connectivity index (χ1v) is 12.9. The molecule has 0 amide bonds. The normalized spacial score (nSPS) is 19.3. The van der Waals surface area contributed by atoms with E-state index in [1.54, 1.807) is 0 Å². The zero-order valence-electron chi connectivity index (χ0n) is 22.6. The summed E-state index contributed by atoms with van der Waals surface area (Å²) < 4.78 is 50.4. The van der Waals surface area contributed by atoms with Crippen LogP contribution < -0.4 is 0 Å². The Morgan fingerprint density at radius 3 is 2.29 bits per heavy atom. The number of piperidine rings is 1. The van der Waals surface area contributed by atoms with E-state index in [1.165, 1.54) is 25.7 Å². The van der Waals surface area contributed by atoms with Gasteiger partial charge in [-0.3, -0.25) is 4.79 Å². The number of hydrogen-bond donors (Lipinski definition) is 0. The van der Waals surface area contributed by atoms with Crippen LogP contribution in [0.15, 0.2) is 46.8 Å². The van der Waals surface area contributed by atoms with E-state index < -0.39 is 23.6 Å². The maximum absolute atomic E-state index is 13.3. The summed E-state index contributed by atoms with van der Waals surface area (Å²) in [5.41, 5.74) is 2.41. The Hall–Kier alpha value is -2.85. The second-order valence-electron chi connectivity index (χ2n) is 10.0. The average Bonchev–Trinajstić information content (AvgIpc) is 2.89. The standard InChI is InChI=1S/C28H38F3N3O4/c1-32(2)16-12-23-22(18-38-19-35)25(20-8-10-21(11-9-20)28(29,30)31)26(27(36)37-4)24(33(23)3)13-17-34-14-6-5-7-15-34/h8-11,19,25H,5-7,12-18H2,1-4H3. The Morgan fingerprint density at radius 1 is 1.08 bits per heavy atom. The second kappa shape index (κ2) is 13.3. The summed E-state index contributed by atoms with van der Waals surface area (Å²) in [6.07, 6.45) is 0.162. The zero-order valence-corrected chi connectivity index (χ0v) is 22.6. The molecule has 0 saturated carbocycles. The molecular formula is C28H38F3N3O4. The lowest BCUT2D eigenvalue weighted by Gasteiger charge is -2.40. The molecule has 2 heterocycles. The molecule has 0 aromatic heterocycles. The molecule has 0 aliphatic carbocycles. The first kappa shape index (κ1) is 29.7. The molecule has 1 atom stereocenters. The van der Waals surface area contributed by atoms with Crippen LogP contribution in [0.4, 0.5) is 13.2 Å². The molecule has 3 rings (SSSR count). The van der Waals surface area contributed by atoms with Gasteiger partial charge in [0, 0.05) is 50.3 Å². The van der Waals surface area contributed by atoms with Crippen molar-refractivity contribution in [3.63, 3.8) is 0 Å². The molecule has 1 unspecified atom stereocenters. The van der Waals surface area contributed by atoms with Gasteiger partial charge in [0.25, 0.3) is 6.47 Å². The third-order valence-electron chi connectivity index (χ3n) is 7.32. The Balaban J connectivity index is 2.16. The van der Waals surface area contributed by atoms with Crippen LogP contribution >= 0.6 is 0 Å². The van der Waals surface area contributed by atoms with E-state index in [4.69, 9.17) is 9.47 Å². The molecule has 1 aromatic carbocycles. The second-order valence-corrected chi connectivity index (χ2v) is 10.0. The fourth-order valence-corrected chi connectivity index (χ4v) is 5.34. The van der Waals surface area contributed by atoms with Crippen molar-refractivity contribution in [2.24, 2.45) is 0 Å². The predicted molar refractivity (Wildman–Crippen MR) is 138 cm³/mol. The van der Waals surface area contributed by atoms with Crippen molar-refractivity contribution >= 4 is 12.4 Å². The van der Waals surface area contributed by atoms with Gasteiger partial charge in [-0.1, -0.05) is 18.6 Å². The summed E-state index contributed by atoms with van der Waals surface area (Å²) in [7, 11) is 7.09. The molecule has 0 radical (unpaired) electrons. The molecular weight excluding hydrogens is 499 g/mol. The van der Waals surface area contributed by atoms with Gasteiger partial charge in [0.1, 0.15) is 6.61 Å². The van der Waals surface area contributed by atoms with Gasteiger partial charge in [0.05, 0.1) is 18.2 Å². The quantitative estimate of drug-likeness (QED) is 0.306. The number of rotatable bonds is 11. The molecule has 1 saturated heterocycles. The van der Waals surface area contributed by atoms with Gasteiger partial charge in [0.2, 0.25) is 0 Å². The number of esters is 1. The van der Waals surface area contributed by atoms with Crippen LogP contribution in [0.2, 0.25) is 0 Å². The number of carbonyl (C=O) groups excluding carboxylic acids is 2. The van der Waals surface area contributed by atoms with Crippen molar-refractivity contribution in [1.29, 1.82) is 0 Å². The number of ether oxygens (including phenoxy) is 2. The van der Waals surface area contributed by atoms with Crippen LogP contribution in [0.5, 0.6) is 0 Å². The van der Waals surface area contributed by atoms with Crippen molar-refractivity contribution in [1.82, 2.24) is 14.7 Å². The summed E-state index contributed by atoms with van der Waals surface area (Å²) in [5.74, 6) is -1.26. The first-order valence-electron chi connectivity index (χ1n) is 12.9. The van der Waals surface area contributed by atoms with Crippen LogP contribution in [0.3, 0.4) is 0 Å². The molecule has 0 bridgehead atoms. The summed E-state index contributed by atoms with van der Waals surface area (Å²) in [5, 5.41) is 0. The van der Waals surface area contributed by atoms with Gasteiger partial charge in [-0.15, -0.1) is 0 Å². The SMILES string of the molecule is COC(=O)C1=C(CCN2CCCCC2)N(C)C(CCN(C)C)=C(COC=O)C1c1ccc(C(F)(F)F)cc1. The highest BCUT2D eigenvalue weighted by atomic mass is 19.4. The largest absolute Gasteiger partial charge is 0.466 e. The van der Waals surface area contributed by atoms with Gasteiger partial charge in [-0.05, 0) is 63.3 Å². The van der Waals surface area contributed by atoms with Crippen LogP contribution in [-0.4, -0.2) is 88.2 Å². The number of alkyl halides is 3. The van der Waals surface area contributed by atoms with Crippen molar-refractivity contribution in [3.8, 4) is 0 Å². The van der Waals surface area contributed by atoms with Crippen molar-refractivity contribution in [3.05, 3.63) is 57.9 Å². The van der Waals surface area contributed by atoms with Crippen LogP contribution in [0, 0.1) is 0 Å². The first-order chi connectivity index (χ1) is 18.1. The van der Waals surface area contributed by atoms with E-state index in [2.05, 4.69) is 4.90 Å². The van der Waals surface area contributed by atoms with Gasteiger partial charge >= 0.3 is 12.1 Å². The number of halogens is 3. The average molecular weight is 538 g/mol. The Bertz CT molecular complexity index is 1030. The lowest BCUT2D eigenvalue weighted by molar-refractivity contribution is -0.138. The minimum Gasteiger partial charge on any atom is -0.466 e. The molecule has 10 heteroatoms. The molecule has 1 aromatic rings. The fraction of sp³-hybridized carbons (Fsp3) is 0.571. The molecule has 0 N–H and O–H groups in total. The summed E-state index contributed by atoms with van der Waals surface area (Å²) >= 11 is 0. The number of carbonyl (C=O) groups is 2. The minimum absolute atomic E-state index is 0.0950. The van der Waals surface area contributed by atoms with E-state index in [9.17, 15) is 22.8 Å². The maximum Gasteiger partial charge on any atom is 0.416 e. The van der Waals surface area contributed by atoms with E-state index in [0.717, 1.165) is 56.0 Å². The number of nitrogens with zero attached hydrogens (tertiary/aromatic N) is 3.